The lowest BCUT2D eigenvalue weighted by Crippen LogP contribution is -2.53. The summed E-state index contributed by atoms with van der Waals surface area (Å²) in [6, 6.07) is 24.9. The zero-order valence-electron chi connectivity index (χ0n) is 21.5. The van der Waals surface area contributed by atoms with Crippen molar-refractivity contribution < 1.29 is 34.4 Å². The number of benzene rings is 3. The number of aliphatic carboxylic acids is 1. The topological polar surface area (TPSA) is 145 Å². The molecule has 3 aromatic carbocycles. The van der Waals surface area contributed by atoms with Gasteiger partial charge in [0.25, 0.3) is 0 Å². The Balaban J connectivity index is 1.81. The summed E-state index contributed by atoms with van der Waals surface area (Å²) >= 11 is 0. The summed E-state index contributed by atoms with van der Waals surface area (Å²) in [4.78, 5) is 37.1. The highest BCUT2D eigenvalue weighted by Gasteiger charge is 2.28. The van der Waals surface area contributed by atoms with Gasteiger partial charge in [-0.25, -0.2) is 0 Å². The largest absolute Gasteiger partial charge is 0.481 e. The standard InChI is InChI=1S/C30H34N2O7/c33-19-25(34)20-39-30(38)27(18-21-7-3-1-4-8-21)32-26(29(37)31-16-15-28(35)36)17-22-11-13-24(14-12-22)23-9-5-2-6-10-23/h1-14,25-27,32-34H,15-20H2,(H,31,37)(H,35,36)/t25?,26-,27?/m0/s1. The molecule has 0 saturated carbocycles. The molecule has 9 nitrogen and oxygen atoms in total. The Kier molecular flexibility index (Phi) is 11.6. The number of esters is 1. The van der Waals surface area contributed by atoms with Gasteiger partial charge in [0, 0.05) is 6.54 Å². The second kappa shape index (κ2) is 15.4. The van der Waals surface area contributed by atoms with E-state index in [4.69, 9.17) is 14.9 Å². The number of aliphatic hydroxyl groups excluding tert-OH is 2. The summed E-state index contributed by atoms with van der Waals surface area (Å²) in [5.41, 5.74) is 3.73. The zero-order valence-corrected chi connectivity index (χ0v) is 21.5. The van der Waals surface area contributed by atoms with Crippen molar-refractivity contribution in [1.82, 2.24) is 10.6 Å². The number of carboxylic acid groups (broad SMARTS) is 1. The first-order valence-corrected chi connectivity index (χ1v) is 12.7. The number of carboxylic acids is 1. The van der Waals surface area contributed by atoms with Gasteiger partial charge in [0.2, 0.25) is 5.91 Å². The van der Waals surface area contributed by atoms with E-state index in [1.54, 1.807) is 0 Å². The Bertz CT molecular complexity index is 1190. The zero-order chi connectivity index (χ0) is 28.0. The van der Waals surface area contributed by atoms with E-state index in [0.717, 1.165) is 22.3 Å². The first kappa shape index (κ1) is 29.5. The van der Waals surface area contributed by atoms with Crippen molar-refractivity contribution in [2.75, 3.05) is 19.8 Å². The van der Waals surface area contributed by atoms with Gasteiger partial charge in [0.1, 0.15) is 18.8 Å². The number of hydrogen-bond donors (Lipinski definition) is 5. The normalized spacial score (nSPS) is 13.2. The summed E-state index contributed by atoms with van der Waals surface area (Å²) in [5.74, 6) is -2.18. The number of hydrogen-bond acceptors (Lipinski definition) is 7. The van der Waals surface area contributed by atoms with Crippen molar-refractivity contribution in [3.8, 4) is 11.1 Å². The van der Waals surface area contributed by atoms with Crippen LogP contribution in [0.15, 0.2) is 84.9 Å². The molecule has 3 aromatic rings. The quantitative estimate of drug-likeness (QED) is 0.186. The molecule has 0 spiro atoms. The molecule has 0 aromatic heterocycles. The van der Waals surface area contributed by atoms with E-state index < -0.39 is 49.2 Å². The van der Waals surface area contributed by atoms with Crippen LogP contribution in [-0.2, 0) is 32.0 Å². The van der Waals surface area contributed by atoms with E-state index in [2.05, 4.69) is 10.6 Å². The molecule has 5 N–H and O–H groups in total. The molecular formula is C30H34N2O7. The van der Waals surface area contributed by atoms with Gasteiger partial charge in [-0.05, 0) is 35.1 Å². The van der Waals surface area contributed by atoms with E-state index in [-0.39, 0.29) is 25.8 Å². The Morgan fingerprint density at radius 1 is 0.769 bits per heavy atom. The third-order valence-electron chi connectivity index (χ3n) is 6.05. The van der Waals surface area contributed by atoms with Gasteiger partial charge in [-0.1, -0.05) is 84.9 Å². The Morgan fingerprint density at radius 2 is 1.33 bits per heavy atom. The highest BCUT2D eigenvalue weighted by atomic mass is 16.5. The van der Waals surface area contributed by atoms with Crippen LogP contribution in [0.3, 0.4) is 0 Å². The molecule has 0 aliphatic heterocycles. The number of rotatable bonds is 15. The fourth-order valence-electron chi connectivity index (χ4n) is 3.98. The SMILES string of the molecule is O=C(O)CCNC(=O)[C@H](Cc1ccc(-c2ccccc2)cc1)NC(Cc1ccccc1)C(=O)OCC(O)CO. The van der Waals surface area contributed by atoms with E-state index >= 15 is 0 Å². The van der Waals surface area contributed by atoms with Crippen LogP contribution in [0.5, 0.6) is 0 Å². The van der Waals surface area contributed by atoms with Gasteiger partial charge in [-0.15, -0.1) is 0 Å². The summed E-state index contributed by atoms with van der Waals surface area (Å²) in [6.07, 6.45) is -1.02. The predicted octanol–water partition coefficient (Wildman–Crippen LogP) is 1.95. The minimum Gasteiger partial charge on any atom is -0.481 e. The van der Waals surface area contributed by atoms with E-state index in [0.29, 0.717) is 0 Å². The molecule has 2 unspecified atom stereocenters. The van der Waals surface area contributed by atoms with Crippen LogP contribution in [0, 0.1) is 0 Å². The Hall–Kier alpha value is -4.05. The van der Waals surface area contributed by atoms with E-state index in [1.807, 2.05) is 84.9 Å². The number of ether oxygens (including phenoxy) is 1. The minimum absolute atomic E-state index is 0.0597. The molecule has 1 amide bonds. The van der Waals surface area contributed by atoms with Gasteiger partial charge < -0.3 is 25.4 Å². The van der Waals surface area contributed by atoms with Crippen LogP contribution < -0.4 is 10.6 Å². The number of carbonyl (C=O) groups is 3. The first-order valence-electron chi connectivity index (χ1n) is 12.7. The van der Waals surface area contributed by atoms with Gasteiger partial charge >= 0.3 is 11.9 Å². The van der Waals surface area contributed by atoms with Gasteiger partial charge in [0.15, 0.2) is 0 Å². The van der Waals surface area contributed by atoms with Crippen LogP contribution in [-0.4, -0.2) is 71.1 Å². The van der Waals surface area contributed by atoms with Crippen molar-refractivity contribution in [1.29, 1.82) is 0 Å². The summed E-state index contributed by atoms with van der Waals surface area (Å²) in [6.45, 7) is -1.01. The number of carbonyl (C=O) groups excluding carboxylic acids is 2. The van der Waals surface area contributed by atoms with Crippen LogP contribution >= 0.6 is 0 Å². The van der Waals surface area contributed by atoms with Crippen LogP contribution in [0.1, 0.15) is 17.5 Å². The first-order chi connectivity index (χ1) is 18.9. The second-order valence-corrected chi connectivity index (χ2v) is 9.13. The summed E-state index contributed by atoms with van der Waals surface area (Å²) in [7, 11) is 0. The fourth-order valence-corrected chi connectivity index (χ4v) is 3.98. The molecule has 0 aliphatic carbocycles. The Morgan fingerprint density at radius 3 is 1.95 bits per heavy atom. The predicted molar refractivity (Wildman–Crippen MR) is 146 cm³/mol. The molecule has 0 fully saturated rings. The minimum atomic E-state index is -1.22. The average Bonchev–Trinajstić information content (AvgIpc) is 2.96. The molecule has 0 radical (unpaired) electrons. The molecule has 0 saturated heterocycles. The van der Waals surface area contributed by atoms with E-state index in [1.165, 1.54) is 0 Å². The van der Waals surface area contributed by atoms with Gasteiger partial charge in [-0.2, -0.15) is 0 Å². The molecule has 3 atom stereocenters. The van der Waals surface area contributed by atoms with Crippen molar-refractivity contribution in [2.24, 2.45) is 0 Å². The highest BCUT2D eigenvalue weighted by molar-refractivity contribution is 5.84. The highest BCUT2D eigenvalue weighted by Crippen LogP contribution is 2.20. The summed E-state index contributed by atoms with van der Waals surface area (Å²) < 4.78 is 5.22. The van der Waals surface area contributed by atoms with Gasteiger partial charge in [-0.3, -0.25) is 19.7 Å². The monoisotopic (exact) mass is 534 g/mol. The lowest BCUT2D eigenvalue weighted by molar-refractivity contribution is -0.150. The van der Waals surface area contributed by atoms with Crippen molar-refractivity contribution >= 4 is 17.8 Å². The number of aliphatic hydroxyl groups is 2. The average molecular weight is 535 g/mol. The molecule has 9 heteroatoms. The van der Waals surface area contributed by atoms with Gasteiger partial charge in [0.05, 0.1) is 19.1 Å². The van der Waals surface area contributed by atoms with Crippen molar-refractivity contribution in [3.63, 3.8) is 0 Å². The fraction of sp³-hybridized carbons (Fsp3) is 0.300. The lowest BCUT2D eigenvalue weighted by Gasteiger charge is -2.25. The smallest absolute Gasteiger partial charge is 0.323 e. The van der Waals surface area contributed by atoms with Crippen LogP contribution in [0.4, 0.5) is 0 Å². The maximum atomic E-state index is 13.1. The Labute approximate surface area is 227 Å². The van der Waals surface area contributed by atoms with Crippen LogP contribution in [0.25, 0.3) is 11.1 Å². The van der Waals surface area contributed by atoms with Crippen LogP contribution in [0.2, 0.25) is 0 Å². The molecular weight excluding hydrogens is 500 g/mol. The van der Waals surface area contributed by atoms with Crippen molar-refractivity contribution in [2.45, 2.75) is 37.5 Å². The maximum absolute atomic E-state index is 13.1. The third kappa shape index (κ3) is 9.97. The van der Waals surface area contributed by atoms with Crippen molar-refractivity contribution in [3.05, 3.63) is 96.1 Å². The molecule has 0 heterocycles. The molecule has 3 rings (SSSR count). The summed E-state index contributed by atoms with van der Waals surface area (Å²) in [5, 5.41) is 33.4. The molecule has 39 heavy (non-hydrogen) atoms. The lowest BCUT2D eigenvalue weighted by atomic mass is 9.99. The molecule has 0 aliphatic rings. The second-order valence-electron chi connectivity index (χ2n) is 9.13. The number of nitrogens with one attached hydrogen (secondary N) is 2. The third-order valence-corrected chi connectivity index (χ3v) is 6.05. The number of amides is 1. The van der Waals surface area contributed by atoms with E-state index in [9.17, 15) is 19.5 Å². The molecule has 0 bridgehead atoms. The molecule has 206 valence electrons. The maximum Gasteiger partial charge on any atom is 0.323 e.